The minimum Gasteiger partial charge on any atom is -1.00 e. The van der Waals surface area contributed by atoms with E-state index in [0.29, 0.717) is 17.4 Å². The summed E-state index contributed by atoms with van der Waals surface area (Å²) >= 11 is 0. The molecule has 0 saturated heterocycles. The Bertz CT molecular complexity index is 1130. The van der Waals surface area contributed by atoms with Gasteiger partial charge in [0, 0.05) is 19.3 Å². The molecule has 0 bridgehead atoms. The maximum atomic E-state index is 13.4. The number of halogens is 1. The number of carbonyl (C=O) groups is 3. The maximum absolute atomic E-state index is 13.4. The van der Waals surface area contributed by atoms with Gasteiger partial charge in [0.25, 0.3) is 0 Å². The first-order valence-electron chi connectivity index (χ1n) is 25.4. The molecule has 0 aliphatic carbocycles. The third-order valence-corrected chi connectivity index (χ3v) is 12.4. The summed E-state index contributed by atoms with van der Waals surface area (Å²) in [4.78, 5) is 38.7. The van der Waals surface area contributed by atoms with Gasteiger partial charge in [-0.2, -0.15) is 0 Å². The summed E-state index contributed by atoms with van der Waals surface area (Å²) in [6, 6.07) is 0. The first-order chi connectivity index (χ1) is 29.9. The zero-order valence-electron chi connectivity index (χ0n) is 41.6. The van der Waals surface area contributed by atoms with Crippen molar-refractivity contribution in [2.75, 3.05) is 54.1 Å². The summed E-state index contributed by atoms with van der Waals surface area (Å²) < 4.78 is 47.7. The fourth-order valence-corrected chi connectivity index (χ4v) is 8.21. The van der Waals surface area contributed by atoms with Crippen LogP contribution in [0.15, 0.2) is 12.2 Å². The van der Waals surface area contributed by atoms with Gasteiger partial charge in [-0.1, -0.05) is 148 Å². The number of phosphoric acid groups is 1. The molecule has 374 valence electrons. The largest absolute Gasteiger partial charge is 1.00 e. The van der Waals surface area contributed by atoms with Crippen molar-refractivity contribution in [3.8, 4) is 0 Å². The lowest BCUT2D eigenvalue weighted by Gasteiger charge is -2.25. The zero-order chi connectivity index (χ0) is 46.0. The van der Waals surface area contributed by atoms with Gasteiger partial charge in [0.15, 0.2) is 6.10 Å². The molecule has 0 fully saturated rings. The molecule has 63 heavy (non-hydrogen) atoms. The minimum absolute atomic E-state index is 0. The lowest BCUT2D eigenvalue weighted by atomic mass is 10.0. The normalized spacial score (nSPS) is 13.2. The Morgan fingerprint density at radius 2 is 0.921 bits per heavy atom. The average Bonchev–Trinajstić information content (AvgIpc) is 3.22. The fraction of sp³-hybridized carbons (Fsp3) is 0.900. The fourth-order valence-electron chi connectivity index (χ4n) is 7.02. The number of quaternary nitrogens is 1. The van der Waals surface area contributed by atoms with Crippen molar-refractivity contribution in [2.45, 2.75) is 239 Å². The highest BCUT2D eigenvalue weighted by molar-refractivity contribution is 7.48. The van der Waals surface area contributed by atoms with E-state index in [0.717, 1.165) is 70.6 Å². The lowest BCUT2D eigenvalue weighted by molar-refractivity contribution is -0.870. The zero-order valence-corrected chi connectivity index (χ0v) is 43.3. The van der Waals surface area contributed by atoms with E-state index in [1.807, 2.05) is 21.1 Å². The lowest BCUT2D eigenvalue weighted by Crippen LogP contribution is -3.00. The van der Waals surface area contributed by atoms with Gasteiger partial charge in [-0.05, 0) is 71.1 Å². The first-order valence-corrected chi connectivity index (χ1v) is 26.9. The molecule has 0 aromatic heterocycles. The second kappa shape index (κ2) is 44.4. The molecule has 11 nitrogen and oxygen atoms in total. The van der Waals surface area contributed by atoms with Crippen LogP contribution in [0.1, 0.15) is 227 Å². The van der Waals surface area contributed by atoms with E-state index in [4.69, 9.17) is 27.8 Å². The predicted molar refractivity (Wildman–Crippen MR) is 254 cm³/mol. The third kappa shape index (κ3) is 44.1. The van der Waals surface area contributed by atoms with Crippen molar-refractivity contribution in [1.29, 1.82) is 0 Å². The summed E-state index contributed by atoms with van der Waals surface area (Å²) in [7, 11) is 1.98. The number of carbonyl (C=O) groups excluding carboxylic acids is 3. The van der Waals surface area contributed by atoms with E-state index in [9.17, 15) is 18.9 Å². The van der Waals surface area contributed by atoms with Crippen LogP contribution >= 0.6 is 7.82 Å². The van der Waals surface area contributed by atoms with Gasteiger partial charge < -0.3 is 31.1 Å². The highest BCUT2D eigenvalue weighted by Gasteiger charge is 2.30. The molecule has 2 atom stereocenters. The highest BCUT2D eigenvalue weighted by atomic mass is 35.5. The molecule has 13 heteroatoms. The predicted octanol–water partition coefficient (Wildman–Crippen LogP) is 11.0. The third-order valence-electron chi connectivity index (χ3n) is 10.9. The number of phosphoric ester groups is 1. The van der Waals surface area contributed by atoms with Crippen molar-refractivity contribution >= 4 is 25.7 Å². The van der Waals surface area contributed by atoms with Crippen LogP contribution in [0.4, 0.5) is 0 Å². The Kier molecular flexibility index (Phi) is 44.8. The minimum atomic E-state index is -3.98. The van der Waals surface area contributed by atoms with E-state index in [-0.39, 0.29) is 76.6 Å². The Labute approximate surface area is 393 Å². The SMILES string of the molecule is CCCCCCCC/C=C\CCCCCCCC(=O)OC[C@H](COP(=O)(OCC)OCC[N+](C)(C)C)OC(=O)CCCC(=O)OC(CCCCCCCC)CCCCCCCC.[Cl-]. The molecule has 0 saturated carbocycles. The molecule has 0 aromatic rings. The molecule has 0 radical (unpaired) electrons. The van der Waals surface area contributed by atoms with E-state index >= 15 is 0 Å². The van der Waals surface area contributed by atoms with Crippen LogP contribution in [-0.2, 0) is 46.7 Å². The smallest absolute Gasteiger partial charge is 0.475 e. The van der Waals surface area contributed by atoms with E-state index < -0.39 is 25.9 Å². The van der Waals surface area contributed by atoms with Crippen molar-refractivity contribution < 1.29 is 63.6 Å². The molecule has 0 heterocycles. The number of rotatable bonds is 46. The molecule has 0 N–H and O–H groups in total. The molecular formula is C50H97ClNO10P. The number of hydrogen-bond acceptors (Lipinski definition) is 10. The number of esters is 3. The summed E-state index contributed by atoms with van der Waals surface area (Å²) in [6.45, 7) is 8.54. The Hall–Kier alpha value is -1.49. The van der Waals surface area contributed by atoms with Gasteiger partial charge in [0.2, 0.25) is 0 Å². The van der Waals surface area contributed by atoms with E-state index in [2.05, 4.69) is 32.9 Å². The Morgan fingerprint density at radius 1 is 0.492 bits per heavy atom. The van der Waals surface area contributed by atoms with Gasteiger partial charge in [0.05, 0.1) is 34.4 Å². The van der Waals surface area contributed by atoms with Crippen LogP contribution in [0.3, 0.4) is 0 Å². The van der Waals surface area contributed by atoms with E-state index in [1.165, 1.54) is 96.3 Å². The average molecular weight is 939 g/mol. The number of likely N-dealkylation sites (N-methyl/N-ethyl adjacent to an activating group) is 1. The van der Waals surface area contributed by atoms with Crippen molar-refractivity contribution in [3.05, 3.63) is 12.2 Å². The van der Waals surface area contributed by atoms with Crippen molar-refractivity contribution in [3.63, 3.8) is 0 Å². The summed E-state index contributed by atoms with van der Waals surface area (Å²) in [5.41, 5.74) is 0. The second-order valence-corrected chi connectivity index (χ2v) is 19.9. The summed E-state index contributed by atoms with van der Waals surface area (Å²) in [6.07, 6.45) is 35.3. The number of nitrogens with zero attached hydrogens (tertiary/aromatic N) is 1. The van der Waals surface area contributed by atoms with Crippen LogP contribution in [-0.4, -0.2) is 88.7 Å². The molecule has 0 spiro atoms. The summed E-state index contributed by atoms with van der Waals surface area (Å²) in [5, 5.41) is 0. The highest BCUT2D eigenvalue weighted by Crippen LogP contribution is 2.49. The number of hydrogen-bond donors (Lipinski definition) is 0. The van der Waals surface area contributed by atoms with Gasteiger partial charge in [-0.15, -0.1) is 0 Å². The molecule has 0 rings (SSSR count). The van der Waals surface area contributed by atoms with Crippen LogP contribution < -0.4 is 12.4 Å². The molecular weight excluding hydrogens is 841 g/mol. The molecule has 0 aliphatic rings. The number of ether oxygens (including phenoxy) is 3. The number of unbranched alkanes of at least 4 members (excludes halogenated alkanes) is 21. The van der Waals surface area contributed by atoms with Crippen molar-refractivity contribution in [2.24, 2.45) is 0 Å². The first kappa shape index (κ1) is 63.6. The van der Waals surface area contributed by atoms with E-state index in [1.54, 1.807) is 6.92 Å². The number of allylic oxidation sites excluding steroid dienone is 2. The summed E-state index contributed by atoms with van der Waals surface area (Å²) in [5.74, 6) is -1.27. The van der Waals surface area contributed by atoms with Crippen molar-refractivity contribution in [1.82, 2.24) is 0 Å². The van der Waals surface area contributed by atoms with Crippen LogP contribution in [0.2, 0.25) is 0 Å². The standard InChI is InChI=1S/C50H97NO10P.ClH/c1-8-12-15-18-21-22-23-24-25-26-27-28-29-32-35-39-48(52)56-44-47(45-59-62(55,57-11-4)58-43-42-51(5,6)7)61-50(54)41-36-40-49(53)60-46(37-33-30-19-16-13-9-2)38-34-31-20-17-14-10-3;/h24-25,46-47H,8-23,26-45H2,1-7H3;1H/q+1;/p-1/b25-24-;/t47-,62?;/m1./s1. The molecule has 0 amide bonds. The Morgan fingerprint density at radius 3 is 1.40 bits per heavy atom. The van der Waals surface area contributed by atoms with Crippen LogP contribution in [0, 0.1) is 0 Å². The monoisotopic (exact) mass is 938 g/mol. The van der Waals surface area contributed by atoms with Gasteiger partial charge in [-0.3, -0.25) is 28.0 Å². The maximum Gasteiger partial charge on any atom is 0.475 e. The van der Waals surface area contributed by atoms with Crippen LogP contribution in [0.5, 0.6) is 0 Å². The Balaban J connectivity index is 0. The van der Waals surface area contributed by atoms with Gasteiger partial charge in [-0.25, -0.2) is 4.57 Å². The second-order valence-electron chi connectivity index (χ2n) is 18.2. The topological polar surface area (TPSA) is 124 Å². The molecule has 1 unspecified atom stereocenters. The van der Waals surface area contributed by atoms with Gasteiger partial charge >= 0.3 is 25.7 Å². The quantitative estimate of drug-likeness (QED) is 0.0146. The van der Waals surface area contributed by atoms with Gasteiger partial charge in [0.1, 0.15) is 25.9 Å². The molecule has 0 aliphatic heterocycles. The molecule has 0 aromatic carbocycles. The van der Waals surface area contributed by atoms with Crippen LogP contribution in [0.25, 0.3) is 0 Å².